The Labute approximate surface area is 140 Å². The van der Waals surface area contributed by atoms with Crippen LogP contribution in [0.25, 0.3) is 0 Å². The molecule has 0 unspecified atom stereocenters. The molecule has 120 valence electrons. The van der Waals surface area contributed by atoms with E-state index < -0.39 is 0 Å². The van der Waals surface area contributed by atoms with Crippen molar-refractivity contribution >= 4 is 5.91 Å². The highest BCUT2D eigenvalue weighted by Gasteiger charge is 2.17. The molecular weight excluding hydrogens is 300 g/mol. The van der Waals surface area contributed by atoms with E-state index in [0.29, 0.717) is 18.8 Å². The largest absolute Gasteiger partial charge is 0.329 e. The summed E-state index contributed by atoms with van der Waals surface area (Å²) in [7, 11) is 0. The third-order valence-electron chi connectivity index (χ3n) is 3.72. The molecule has 0 spiro atoms. The number of benzene rings is 2. The van der Waals surface area contributed by atoms with Crippen molar-refractivity contribution in [2.24, 2.45) is 0 Å². The van der Waals surface area contributed by atoms with Crippen LogP contribution in [0.3, 0.4) is 0 Å². The summed E-state index contributed by atoms with van der Waals surface area (Å²) in [4.78, 5) is 28.7. The Bertz CT molecular complexity index is 816. The average molecular weight is 318 g/mol. The van der Waals surface area contributed by atoms with Crippen molar-refractivity contribution in [1.29, 1.82) is 0 Å². The number of aromatic nitrogens is 1. The highest BCUT2D eigenvalue weighted by molar-refractivity contribution is 5.92. The first-order valence-corrected chi connectivity index (χ1v) is 7.79. The minimum Gasteiger partial charge on any atom is -0.329 e. The topological polar surface area (TPSA) is 53.2 Å². The standard InChI is InChI=1S/C20H18N2O2/c23-19-13-7-12-18(21-19)20(24)22(14-16-8-3-1-4-9-16)15-17-10-5-2-6-11-17/h1-13H,14-15H2,(H,21,23). The predicted octanol–water partition coefficient (Wildman–Crippen LogP) is 3.22. The molecule has 1 aromatic heterocycles. The average Bonchev–Trinajstić information content (AvgIpc) is 2.62. The maximum absolute atomic E-state index is 12.9. The fourth-order valence-corrected chi connectivity index (χ4v) is 2.55. The van der Waals surface area contributed by atoms with Gasteiger partial charge in [-0.2, -0.15) is 0 Å². The van der Waals surface area contributed by atoms with Gasteiger partial charge in [0.2, 0.25) is 5.56 Å². The maximum atomic E-state index is 12.9. The van der Waals surface area contributed by atoms with Crippen molar-refractivity contribution in [1.82, 2.24) is 9.88 Å². The maximum Gasteiger partial charge on any atom is 0.270 e. The number of hydrogen-bond donors (Lipinski definition) is 1. The lowest BCUT2D eigenvalue weighted by Crippen LogP contribution is -2.31. The van der Waals surface area contributed by atoms with Gasteiger partial charge in [-0.3, -0.25) is 9.59 Å². The molecule has 0 bridgehead atoms. The van der Waals surface area contributed by atoms with Gasteiger partial charge in [0.15, 0.2) is 0 Å². The number of rotatable bonds is 5. The smallest absolute Gasteiger partial charge is 0.270 e. The number of H-pyrrole nitrogens is 1. The minimum absolute atomic E-state index is 0.194. The molecule has 0 aliphatic rings. The Hall–Kier alpha value is -3.14. The number of pyridine rings is 1. The molecule has 4 nitrogen and oxygen atoms in total. The highest BCUT2D eigenvalue weighted by atomic mass is 16.2. The van der Waals surface area contributed by atoms with Gasteiger partial charge in [-0.05, 0) is 17.2 Å². The minimum atomic E-state index is -0.278. The molecule has 0 aliphatic carbocycles. The van der Waals surface area contributed by atoms with Crippen LogP contribution in [0.5, 0.6) is 0 Å². The van der Waals surface area contributed by atoms with Crippen LogP contribution in [0.2, 0.25) is 0 Å². The second-order valence-electron chi connectivity index (χ2n) is 5.56. The van der Waals surface area contributed by atoms with Crippen molar-refractivity contribution in [3.63, 3.8) is 0 Å². The van der Waals surface area contributed by atoms with Gasteiger partial charge in [0, 0.05) is 19.2 Å². The fraction of sp³-hybridized carbons (Fsp3) is 0.100. The molecule has 0 atom stereocenters. The van der Waals surface area contributed by atoms with E-state index >= 15 is 0 Å². The van der Waals surface area contributed by atoms with Crippen molar-refractivity contribution in [3.05, 3.63) is 106 Å². The molecule has 1 amide bonds. The normalized spacial score (nSPS) is 10.3. The van der Waals surface area contributed by atoms with Gasteiger partial charge in [-0.25, -0.2) is 0 Å². The molecule has 24 heavy (non-hydrogen) atoms. The van der Waals surface area contributed by atoms with E-state index in [0.717, 1.165) is 11.1 Å². The van der Waals surface area contributed by atoms with E-state index in [-0.39, 0.29) is 11.5 Å². The van der Waals surface area contributed by atoms with Gasteiger partial charge in [-0.15, -0.1) is 0 Å². The zero-order valence-electron chi connectivity index (χ0n) is 13.2. The lowest BCUT2D eigenvalue weighted by Gasteiger charge is -2.23. The van der Waals surface area contributed by atoms with Crippen LogP contribution in [-0.4, -0.2) is 15.8 Å². The third kappa shape index (κ3) is 3.98. The Morgan fingerprint density at radius 2 is 1.29 bits per heavy atom. The lowest BCUT2D eigenvalue weighted by molar-refractivity contribution is 0.0723. The van der Waals surface area contributed by atoms with Gasteiger partial charge in [0.1, 0.15) is 5.69 Å². The van der Waals surface area contributed by atoms with E-state index in [9.17, 15) is 9.59 Å². The molecule has 1 heterocycles. The van der Waals surface area contributed by atoms with Crippen LogP contribution >= 0.6 is 0 Å². The van der Waals surface area contributed by atoms with E-state index in [1.807, 2.05) is 60.7 Å². The summed E-state index contributed by atoms with van der Waals surface area (Å²) >= 11 is 0. The molecule has 0 aliphatic heterocycles. The summed E-state index contributed by atoms with van der Waals surface area (Å²) < 4.78 is 0. The Morgan fingerprint density at radius 3 is 1.79 bits per heavy atom. The summed E-state index contributed by atoms with van der Waals surface area (Å²) in [6.45, 7) is 0.955. The summed E-state index contributed by atoms with van der Waals surface area (Å²) in [5.74, 6) is -0.194. The van der Waals surface area contributed by atoms with Crippen molar-refractivity contribution in [3.8, 4) is 0 Å². The van der Waals surface area contributed by atoms with Crippen LogP contribution in [0.4, 0.5) is 0 Å². The summed E-state index contributed by atoms with van der Waals surface area (Å²) in [5.41, 5.74) is 2.11. The number of amides is 1. The van der Waals surface area contributed by atoms with Gasteiger partial charge in [0.05, 0.1) is 0 Å². The quantitative estimate of drug-likeness (QED) is 0.785. The molecule has 4 heteroatoms. The van der Waals surface area contributed by atoms with Crippen molar-refractivity contribution in [2.75, 3.05) is 0 Å². The number of carbonyl (C=O) groups excluding carboxylic acids is 1. The Kier molecular flexibility index (Phi) is 4.87. The summed E-state index contributed by atoms with van der Waals surface area (Å²) in [6.07, 6.45) is 0. The molecule has 2 aromatic carbocycles. The monoisotopic (exact) mass is 318 g/mol. The lowest BCUT2D eigenvalue weighted by atomic mass is 10.1. The van der Waals surface area contributed by atoms with Crippen molar-refractivity contribution in [2.45, 2.75) is 13.1 Å². The van der Waals surface area contributed by atoms with E-state index in [2.05, 4.69) is 4.98 Å². The Balaban J connectivity index is 1.88. The molecular formula is C20H18N2O2. The van der Waals surface area contributed by atoms with Gasteiger partial charge in [0.25, 0.3) is 5.91 Å². The molecule has 3 rings (SSSR count). The zero-order valence-corrected chi connectivity index (χ0v) is 13.2. The molecule has 1 N–H and O–H groups in total. The number of nitrogens with zero attached hydrogens (tertiary/aromatic N) is 1. The number of aromatic amines is 1. The predicted molar refractivity (Wildman–Crippen MR) is 93.5 cm³/mol. The van der Waals surface area contributed by atoms with Gasteiger partial charge < -0.3 is 9.88 Å². The number of nitrogens with one attached hydrogen (secondary N) is 1. The third-order valence-corrected chi connectivity index (χ3v) is 3.72. The second-order valence-corrected chi connectivity index (χ2v) is 5.56. The highest BCUT2D eigenvalue weighted by Crippen LogP contribution is 2.13. The van der Waals surface area contributed by atoms with E-state index in [4.69, 9.17) is 0 Å². The van der Waals surface area contributed by atoms with Crippen LogP contribution in [0.1, 0.15) is 21.6 Å². The number of hydrogen-bond acceptors (Lipinski definition) is 2. The first kappa shape index (κ1) is 15.7. The fourth-order valence-electron chi connectivity index (χ4n) is 2.55. The Morgan fingerprint density at radius 1 is 0.750 bits per heavy atom. The van der Waals surface area contributed by atoms with Gasteiger partial charge in [-0.1, -0.05) is 66.7 Å². The first-order chi connectivity index (χ1) is 11.7. The SMILES string of the molecule is O=C(c1cccc(=O)[nH]1)N(Cc1ccccc1)Cc1ccccc1. The zero-order chi connectivity index (χ0) is 16.8. The van der Waals surface area contributed by atoms with Crippen LogP contribution < -0.4 is 5.56 Å². The van der Waals surface area contributed by atoms with Crippen LogP contribution in [0, 0.1) is 0 Å². The van der Waals surface area contributed by atoms with Crippen molar-refractivity contribution < 1.29 is 4.79 Å². The molecule has 0 radical (unpaired) electrons. The summed E-state index contributed by atoms with van der Waals surface area (Å²) in [5, 5.41) is 0. The second kappa shape index (κ2) is 7.42. The number of carbonyl (C=O) groups is 1. The van der Waals surface area contributed by atoms with E-state index in [1.165, 1.54) is 6.07 Å². The van der Waals surface area contributed by atoms with Crippen LogP contribution in [0.15, 0.2) is 83.7 Å². The molecule has 3 aromatic rings. The van der Waals surface area contributed by atoms with E-state index in [1.54, 1.807) is 17.0 Å². The first-order valence-electron chi connectivity index (χ1n) is 7.79. The van der Waals surface area contributed by atoms with Crippen LogP contribution in [-0.2, 0) is 13.1 Å². The summed E-state index contributed by atoms with van der Waals surface area (Å²) in [6, 6.07) is 24.3. The molecule has 0 fully saturated rings. The molecule has 0 saturated heterocycles. The van der Waals surface area contributed by atoms with Gasteiger partial charge >= 0.3 is 0 Å². The molecule has 0 saturated carbocycles.